The van der Waals surface area contributed by atoms with Gasteiger partial charge < -0.3 is 13.3 Å². The normalized spacial score (nSPS) is 9.70. The third-order valence-electron chi connectivity index (χ3n) is 0.800. The third kappa shape index (κ3) is 4.55. The van der Waals surface area contributed by atoms with Crippen LogP contribution in [0.15, 0.2) is 11.8 Å². The van der Waals surface area contributed by atoms with E-state index in [1.807, 2.05) is 13.8 Å². The standard InChI is InChI=1S/C6H14O3Si/c1-6(2)5-9-10(7-3)8-4/h5,10H,1-4H3. The molecule has 0 aromatic rings. The van der Waals surface area contributed by atoms with E-state index in [-0.39, 0.29) is 0 Å². The molecular formula is C6H14O3Si. The fourth-order valence-electron chi connectivity index (χ4n) is 0.399. The molecule has 4 heteroatoms. The highest BCUT2D eigenvalue weighted by Gasteiger charge is 2.08. The Morgan fingerprint density at radius 2 is 1.70 bits per heavy atom. The van der Waals surface area contributed by atoms with Gasteiger partial charge in [0.1, 0.15) is 0 Å². The van der Waals surface area contributed by atoms with Crippen molar-refractivity contribution >= 4 is 9.53 Å². The lowest BCUT2D eigenvalue weighted by molar-refractivity contribution is 0.180. The Hall–Kier alpha value is -0.323. The molecule has 0 unspecified atom stereocenters. The minimum Gasteiger partial charge on any atom is -0.510 e. The Morgan fingerprint density at radius 3 is 2.00 bits per heavy atom. The van der Waals surface area contributed by atoms with Gasteiger partial charge in [0.15, 0.2) is 0 Å². The van der Waals surface area contributed by atoms with Gasteiger partial charge in [-0.25, -0.2) is 0 Å². The lowest BCUT2D eigenvalue weighted by Crippen LogP contribution is -2.21. The number of hydrogen-bond donors (Lipinski definition) is 0. The summed E-state index contributed by atoms with van der Waals surface area (Å²) in [6.07, 6.45) is 1.66. The summed E-state index contributed by atoms with van der Waals surface area (Å²) in [4.78, 5) is 0. The molecular weight excluding hydrogens is 148 g/mol. The predicted molar refractivity (Wildman–Crippen MR) is 41.7 cm³/mol. The second kappa shape index (κ2) is 5.46. The molecule has 0 amide bonds. The van der Waals surface area contributed by atoms with Gasteiger partial charge in [0.05, 0.1) is 6.26 Å². The summed E-state index contributed by atoms with van der Waals surface area (Å²) in [5, 5.41) is 0. The molecule has 0 aromatic carbocycles. The zero-order valence-electron chi connectivity index (χ0n) is 6.88. The van der Waals surface area contributed by atoms with E-state index >= 15 is 0 Å². The molecule has 0 saturated carbocycles. The summed E-state index contributed by atoms with van der Waals surface area (Å²) in [6, 6.07) is 0. The molecule has 0 spiro atoms. The second-order valence-electron chi connectivity index (χ2n) is 2.09. The molecule has 0 aromatic heterocycles. The van der Waals surface area contributed by atoms with Gasteiger partial charge in [-0.15, -0.1) is 0 Å². The molecule has 10 heavy (non-hydrogen) atoms. The van der Waals surface area contributed by atoms with Gasteiger partial charge >= 0.3 is 9.53 Å². The first-order chi connectivity index (χ1) is 4.70. The minimum atomic E-state index is -1.82. The van der Waals surface area contributed by atoms with E-state index in [1.54, 1.807) is 20.5 Å². The molecule has 0 radical (unpaired) electrons. The molecule has 3 nitrogen and oxygen atoms in total. The SMILES string of the molecule is CO[SiH](OC)OC=C(C)C. The van der Waals surface area contributed by atoms with Crippen molar-refractivity contribution in [1.29, 1.82) is 0 Å². The summed E-state index contributed by atoms with van der Waals surface area (Å²) in [5.41, 5.74) is 1.10. The molecule has 0 aliphatic rings. The molecule has 0 atom stereocenters. The molecule has 0 N–H and O–H groups in total. The van der Waals surface area contributed by atoms with Crippen molar-refractivity contribution in [3.8, 4) is 0 Å². The highest BCUT2D eigenvalue weighted by molar-refractivity contribution is 6.36. The highest BCUT2D eigenvalue weighted by Crippen LogP contribution is 1.93. The maximum Gasteiger partial charge on any atom is 0.548 e. The van der Waals surface area contributed by atoms with Crippen molar-refractivity contribution in [3.05, 3.63) is 11.8 Å². The van der Waals surface area contributed by atoms with Gasteiger partial charge in [-0.05, 0) is 19.4 Å². The molecule has 0 bridgehead atoms. The second-order valence-corrected chi connectivity index (χ2v) is 3.88. The van der Waals surface area contributed by atoms with Crippen LogP contribution in [0.5, 0.6) is 0 Å². The molecule has 0 aliphatic carbocycles. The van der Waals surface area contributed by atoms with E-state index in [0.717, 1.165) is 5.57 Å². The topological polar surface area (TPSA) is 27.7 Å². The van der Waals surface area contributed by atoms with Crippen LogP contribution in [-0.4, -0.2) is 23.7 Å². The summed E-state index contributed by atoms with van der Waals surface area (Å²) < 4.78 is 14.9. The number of allylic oxidation sites excluding steroid dienone is 1. The van der Waals surface area contributed by atoms with Crippen molar-refractivity contribution in [2.24, 2.45) is 0 Å². The zero-order chi connectivity index (χ0) is 7.98. The molecule has 60 valence electrons. The van der Waals surface area contributed by atoms with Crippen molar-refractivity contribution in [2.45, 2.75) is 13.8 Å². The number of hydrogen-bond acceptors (Lipinski definition) is 3. The van der Waals surface area contributed by atoms with Crippen LogP contribution >= 0.6 is 0 Å². The average Bonchev–Trinajstić information content (AvgIpc) is 1.90. The summed E-state index contributed by atoms with van der Waals surface area (Å²) in [6.45, 7) is 3.91. The van der Waals surface area contributed by atoms with Crippen LogP contribution in [0.4, 0.5) is 0 Å². The van der Waals surface area contributed by atoms with Crippen LogP contribution in [0.3, 0.4) is 0 Å². The first-order valence-corrected chi connectivity index (χ1v) is 4.46. The van der Waals surface area contributed by atoms with E-state index in [2.05, 4.69) is 0 Å². The Kier molecular flexibility index (Phi) is 5.28. The quantitative estimate of drug-likeness (QED) is 0.455. The molecule has 0 aliphatic heterocycles. The van der Waals surface area contributed by atoms with Gasteiger partial charge in [-0.1, -0.05) is 0 Å². The first-order valence-electron chi connectivity index (χ1n) is 3.05. The predicted octanol–water partition coefficient (Wildman–Crippen LogP) is 0.937. The van der Waals surface area contributed by atoms with Crippen LogP contribution in [0.1, 0.15) is 13.8 Å². The van der Waals surface area contributed by atoms with Crippen LogP contribution in [-0.2, 0) is 13.3 Å². The van der Waals surface area contributed by atoms with Crippen molar-refractivity contribution in [3.63, 3.8) is 0 Å². The van der Waals surface area contributed by atoms with Crippen molar-refractivity contribution < 1.29 is 13.3 Å². The average molecular weight is 162 g/mol. The van der Waals surface area contributed by atoms with Crippen LogP contribution in [0, 0.1) is 0 Å². The summed E-state index contributed by atoms with van der Waals surface area (Å²) >= 11 is 0. The van der Waals surface area contributed by atoms with Gasteiger partial charge in [0, 0.05) is 14.2 Å². The van der Waals surface area contributed by atoms with E-state index < -0.39 is 9.53 Å². The van der Waals surface area contributed by atoms with Crippen LogP contribution < -0.4 is 0 Å². The van der Waals surface area contributed by atoms with E-state index in [0.29, 0.717) is 0 Å². The maximum absolute atomic E-state index is 5.13. The molecule has 0 heterocycles. The van der Waals surface area contributed by atoms with Crippen LogP contribution in [0.2, 0.25) is 0 Å². The van der Waals surface area contributed by atoms with E-state index in [4.69, 9.17) is 13.3 Å². The maximum atomic E-state index is 5.13. The largest absolute Gasteiger partial charge is 0.548 e. The Bertz CT molecular complexity index is 106. The van der Waals surface area contributed by atoms with Gasteiger partial charge in [-0.3, -0.25) is 0 Å². The smallest absolute Gasteiger partial charge is 0.510 e. The van der Waals surface area contributed by atoms with E-state index in [1.165, 1.54) is 0 Å². The Labute approximate surface area is 63.6 Å². The fourth-order valence-corrected chi connectivity index (χ4v) is 1.20. The van der Waals surface area contributed by atoms with Gasteiger partial charge in [0.2, 0.25) is 0 Å². The summed E-state index contributed by atoms with van der Waals surface area (Å²) in [5.74, 6) is 0. The highest BCUT2D eigenvalue weighted by atomic mass is 28.3. The number of rotatable bonds is 4. The summed E-state index contributed by atoms with van der Waals surface area (Å²) in [7, 11) is 1.34. The Morgan fingerprint density at radius 1 is 1.20 bits per heavy atom. The molecule has 0 fully saturated rings. The fraction of sp³-hybridized carbons (Fsp3) is 0.667. The van der Waals surface area contributed by atoms with E-state index in [9.17, 15) is 0 Å². The zero-order valence-corrected chi connectivity index (χ0v) is 8.03. The Balaban J connectivity index is 3.54. The first kappa shape index (κ1) is 9.68. The monoisotopic (exact) mass is 162 g/mol. The molecule has 0 rings (SSSR count). The van der Waals surface area contributed by atoms with Crippen LogP contribution in [0.25, 0.3) is 0 Å². The van der Waals surface area contributed by atoms with Gasteiger partial charge in [-0.2, -0.15) is 0 Å². The van der Waals surface area contributed by atoms with Gasteiger partial charge in [0.25, 0.3) is 0 Å². The minimum absolute atomic E-state index is 1.10. The lowest BCUT2D eigenvalue weighted by Gasteiger charge is -2.08. The lowest BCUT2D eigenvalue weighted by atomic mass is 10.4. The van der Waals surface area contributed by atoms with Crippen molar-refractivity contribution in [1.82, 2.24) is 0 Å². The molecule has 0 saturated heterocycles. The van der Waals surface area contributed by atoms with Crippen molar-refractivity contribution in [2.75, 3.05) is 14.2 Å². The third-order valence-corrected chi connectivity index (χ3v) is 1.93.